The smallest absolute Gasteiger partial charge is 0.321 e. The number of nitrogens with zero attached hydrogens (tertiary/aromatic N) is 1. The van der Waals surface area contributed by atoms with Gasteiger partial charge in [0.1, 0.15) is 0 Å². The molecule has 2 aromatic rings. The van der Waals surface area contributed by atoms with Crippen LogP contribution in [0.15, 0.2) is 47.4 Å². The van der Waals surface area contributed by atoms with Gasteiger partial charge < -0.3 is 10.2 Å². The number of anilines is 2. The van der Waals surface area contributed by atoms with Crippen LogP contribution < -0.4 is 10.2 Å². The van der Waals surface area contributed by atoms with Crippen molar-refractivity contribution >= 4 is 46.6 Å². The Morgan fingerprint density at radius 1 is 1.15 bits per heavy atom. The molecule has 1 aliphatic heterocycles. The van der Waals surface area contributed by atoms with E-state index < -0.39 is 11.4 Å². The van der Waals surface area contributed by atoms with Crippen LogP contribution in [0.4, 0.5) is 24.5 Å². The van der Waals surface area contributed by atoms with Gasteiger partial charge in [0.05, 0.1) is 10.7 Å². The number of halogens is 4. The van der Waals surface area contributed by atoms with E-state index in [4.69, 9.17) is 11.6 Å². The molecule has 0 aliphatic carbocycles. The predicted molar refractivity (Wildman–Crippen MR) is 99.3 cm³/mol. The van der Waals surface area contributed by atoms with Gasteiger partial charge in [0.25, 0.3) is 5.91 Å². The quantitative estimate of drug-likeness (QED) is 0.688. The van der Waals surface area contributed by atoms with Crippen LogP contribution in [-0.4, -0.2) is 23.9 Å². The minimum absolute atomic E-state index is 0.00681. The lowest BCUT2D eigenvalue weighted by atomic mass is 10.2. The molecular weight excluding hydrogens is 401 g/mol. The zero-order chi connectivity index (χ0) is 19.6. The highest BCUT2D eigenvalue weighted by Gasteiger charge is 2.29. The van der Waals surface area contributed by atoms with Gasteiger partial charge in [-0.15, -0.1) is 0 Å². The number of hydrogen-bond donors (Lipinski definition) is 1. The summed E-state index contributed by atoms with van der Waals surface area (Å²) < 4.78 is 37.1. The summed E-state index contributed by atoms with van der Waals surface area (Å²) in [5, 5.41) is 2.93. The Hall–Kier alpha value is -2.19. The molecule has 0 bridgehead atoms. The van der Waals surface area contributed by atoms with E-state index in [1.54, 1.807) is 23.1 Å². The highest BCUT2D eigenvalue weighted by atomic mass is 35.5. The van der Waals surface area contributed by atoms with Crippen LogP contribution in [0, 0.1) is 0 Å². The van der Waals surface area contributed by atoms with Gasteiger partial charge in [-0.2, -0.15) is 13.2 Å². The van der Waals surface area contributed by atoms with Crippen molar-refractivity contribution in [1.82, 2.24) is 0 Å². The molecule has 27 heavy (non-hydrogen) atoms. The van der Waals surface area contributed by atoms with Crippen LogP contribution in [0.2, 0.25) is 5.02 Å². The topological polar surface area (TPSA) is 49.4 Å². The van der Waals surface area contributed by atoms with Gasteiger partial charge in [0.2, 0.25) is 5.91 Å². The third-order valence-electron chi connectivity index (χ3n) is 3.93. The summed E-state index contributed by atoms with van der Waals surface area (Å²) >= 11 is 5.88. The summed E-state index contributed by atoms with van der Waals surface area (Å²) in [5.74, 6) is -0.502. The van der Waals surface area contributed by atoms with Gasteiger partial charge in [0.15, 0.2) is 0 Å². The third-order valence-corrected chi connectivity index (χ3v) is 5.00. The van der Waals surface area contributed by atoms with Crippen molar-refractivity contribution in [3.8, 4) is 0 Å². The molecule has 0 aromatic heterocycles. The molecule has 1 aliphatic rings. The maximum Gasteiger partial charge on any atom is 0.446 e. The Morgan fingerprint density at radius 2 is 1.85 bits per heavy atom. The zero-order valence-corrected chi connectivity index (χ0v) is 15.4. The Balaban J connectivity index is 1.74. The van der Waals surface area contributed by atoms with Gasteiger partial charge in [-0.25, -0.2) is 0 Å². The molecule has 0 spiro atoms. The van der Waals surface area contributed by atoms with E-state index >= 15 is 0 Å². The van der Waals surface area contributed by atoms with Crippen LogP contribution in [0.5, 0.6) is 0 Å². The number of nitrogens with one attached hydrogen (secondary N) is 1. The second kappa shape index (κ2) is 7.82. The average Bonchev–Trinajstić information content (AvgIpc) is 3.02. The van der Waals surface area contributed by atoms with Crippen molar-refractivity contribution in [2.24, 2.45) is 0 Å². The van der Waals surface area contributed by atoms with E-state index in [-0.39, 0.29) is 28.1 Å². The molecule has 9 heteroatoms. The number of hydrogen-bond acceptors (Lipinski definition) is 3. The normalized spacial score (nSPS) is 14.5. The largest absolute Gasteiger partial charge is 0.446 e. The number of alkyl halides is 3. The Morgan fingerprint density at radius 3 is 2.44 bits per heavy atom. The molecule has 0 unspecified atom stereocenters. The molecule has 2 aromatic carbocycles. The van der Waals surface area contributed by atoms with E-state index in [1.165, 1.54) is 24.3 Å². The molecule has 3 rings (SSSR count). The van der Waals surface area contributed by atoms with Crippen LogP contribution in [0.1, 0.15) is 23.2 Å². The second-order valence-electron chi connectivity index (χ2n) is 5.84. The van der Waals surface area contributed by atoms with Gasteiger partial charge in [0, 0.05) is 29.1 Å². The summed E-state index contributed by atoms with van der Waals surface area (Å²) in [5.41, 5.74) is -3.23. The van der Waals surface area contributed by atoms with E-state index in [0.717, 1.165) is 6.42 Å². The third kappa shape index (κ3) is 4.95. The van der Waals surface area contributed by atoms with E-state index in [2.05, 4.69) is 5.32 Å². The first-order valence-corrected chi connectivity index (χ1v) is 9.19. The monoisotopic (exact) mass is 414 g/mol. The van der Waals surface area contributed by atoms with Crippen molar-refractivity contribution in [2.45, 2.75) is 23.2 Å². The summed E-state index contributed by atoms with van der Waals surface area (Å²) in [4.78, 5) is 25.9. The Labute approximate surface area is 162 Å². The maximum absolute atomic E-state index is 12.4. The highest BCUT2D eigenvalue weighted by molar-refractivity contribution is 8.00. The number of thioether (sulfide) groups is 1. The number of rotatable bonds is 4. The standard InChI is InChI=1S/C18H14ClF3N2O2S/c19-14-8-5-12(24-9-1-2-16(24)25)10-15(14)23-17(26)11-3-6-13(7-4-11)27-18(20,21)22/h3-8,10H,1-2,9H2,(H,23,26). The summed E-state index contributed by atoms with van der Waals surface area (Å²) in [6.45, 7) is 0.603. The number of amides is 2. The number of benzene rings is 2. The summed E-state index contributed by atoms with van der Waals surface area (Å²) in [6.07, 6.45) is 1.25. The van der Waals surface area contributed by atoms with E-state index in [0.29, 0.717) is 29.4 Å². The zero-order valence-electron chi connectivity index (χ0n) is 13.8. The minimum Gasteiger partial charge on any atom is -0.321 e. The molecule has 142 valence electrons. The fraction of sp³-hybridized carbons (Fsp3) is 0.222. The predicted octanol–water partition coefficient (Wildman–Crippen LogP) is 5.33. The lowest BCUT2D eigenvalue weighted by Crippen LogP contribution is -2.23. The molecule has 0 atom stereocenters. The fourth-order valence-corrected chi connectivity index (χ4v) is 3.40. The first-order valence-electron chi connectivity index (χ1n) is 8.00. The van der Waals surface area contributed by atoms with Gasteiger partial charge in [-0.05, 0) is 60.6 Å². The van der Waals surface area contributed by atoms with Crippen molar-refractivity contribution in [3.63, 3.8) is 0 Å². The molecule has 0 saturated carbocycles. The first-order chi connectivity index (χ1) is 12.7. The molecule has 1 saturated heterocycles. The summed E-state index contributed by atoms with van der Waals surface area (Å²) in [6, 6.07) is 9.97. The molecular formula is C18H14ClF3N2O2S. The summed E-state index contributed by atoms with van der Waals surface area (Å²) in [7, 11) is 0. The first kappa shape index (κ1) is 19.6. The van der Waals surface area contributed by atoms with Crippen LogP contribution in [-0.2, 0) is 4.79 Å². The maximum atomic E-state index is 12.4. The number of carbonyl (C=O) groups excluding carboxylic acids is 2. The lowest BCUT2D eigenvalue weighted by Gasteiger charge is -2.17. The second-order valence-corrected chi connectivity index (χ2v) is 7.39. The van der Waals surface area contributed by atoms with Crippen LogP contribution >= 0.6 is 23.4 Å². The van der Waals surface area contributed by atoms with Gasteiger partial charge in [-0.1, -0.05) is 11.6 Å². The molecule has 1 fully saturated rings. The van der Waals surface area contributed by atoms with E-state index in [1.807, 2.05) is 0 Å². The van der Waals surface area contributed by atoms with Crippen molar-refractivity contribution in [1.29, 1.82) is 0 Å². The minimum atomic E-state index is -4.38. The fourth-order valence-electron chi connectivity index (χ4n) is 2.70. The Kier molecular flexibility index (Phi) is 5.67. The van der Waals surface area contributed by atoms with Crippen molar-refractivity contribution < 1.29 is 22.8 Å². The van der Waals surface area contributed by atoms with Crippen molar-refractivity contribution in [2.75, 3.05) is 16.8 Å². The van der Waals surface area contributed by atoms with Crippen LogP contribution in [0.3, 0.4) is 0 Å². The Bertz CT molecular complexity index is 872. The number of carbonyl (C=O) groups is 2. The van der Waals surface area contributed by atoms with Crippen LogP contribution in [0.25, 0.3) is 0 Å². The van der Waals surface area contributed by atoms with E-state index in [9.17, 15) is 22.8 Å². The van der Waals surface area contributed by atoms with Gasteiger partial charge in [-0.3, -0.25) is 9.59 Å². The highest BCUT2D eigenvalue weighted by Crippen LogP contribution is 2.37. The lowest BCUT2D eigenvalue weighted by molar-refractivity contribution is -0.117. The molecule has 1 N–H and O–H groups in total. The molecule has 2 amide bonds. The van der Waals surface area contributed by atoms with Gasteiger partial charge >= 0.3 is 5.51 Å². The average molecular weight is 415 g/mol. The van der Waals surface area contributed by atoms with Crippen molar-refractivity contribution in [3.05, 3.63) is 53.1 Å². The molecule has 1 heterocycles. The molecule has 4 nitrogen and oxygen atoms in total. The molecule has 0 radical (unpaired) electrons. The SMILES string of the molecule is O=C(Nc1cc(N2CCCC2=O)ccc1Cl)c1ccc(SC(F)(F)F)cc1.